The highest BCUT2D eigenvalue weighted by molar-refractivity contribution is 7.84. The zero-order chi connectivity index (χ0) is 6.78. The van der Waals surface area contributed by atoms with Crippen LogP contribution in [0.5, 0.6) is 0 Å². The summed E-state index contributed by atoms with van der Waals surface area (Å²) in [5.74, 6) is 0. The van der Waals surface area contributed by atoms with E-state index < -0.39 is 16.9 Å². The molecule has 50 valence electrons. The van der Waals surface area contributed by atoms with Gasteiger partial charge in [0.25, 0.3) is 0 Å². The summed E-state index contributed by atoms with van der Waals surface area (Å²) in [7, 11) is -4.47. The molecule has 0 aromatic carbocycles. The lowest BCUT2D eigenvalue weighted by Gasteiger charge is -1.94. The van der Waals surface area contributed by atoms with E-state index in [9.17, 15) is 17.2 Å². The molecule has 0 aliphatic rings. The van der Waals surface area contributed by atoms with Gasteiger partial charge in [0.2, 0.25) is 0 Å². The van der Waals surface area contributed by atoms with Gasteiger partial charge in [-0.1, -0.05) is 0 Å². The lowest BCUT2D eigenvalue weighted by Crippen LogP contribution is -2.18. The molecule has 0 saturated heterocycles. The van der Waals surface area contributed by atoms with Crippen LogP contribution < -0.4 is 5.14 Å². The summed E-state index contributed by atoms with van der Waals surface area (Å²) in [6.45, 7) is -3.37. The van der Waals surface area contributed by atoms with Crippen LogP contribution in [0.15, 0.2) is 0 Å². The van der Waals surface area contributed by atoms with Gasteiger partial charge in [0, 0.05) is 0 Å². The monoisotopic (exact) mass is 147 g/mol. The van der Waals surface area contributed by atoms with E-state index in [4.69, 9.17) is 0 Å². The van der Waals surface area contributed by atoms with Crippen molar-refractivity contribution in [2.75, 3.05) is 0 Å². The van der Waals surface area contributed by atoms with Gasteiger partial charge in [0.1, 0.15) is 0 Å². The Labute approximate surface area is 44.5 Å². The molecule has 0 spiro atoms. The van der Waals surface area contributed by atoms with Gasteiger partial charge in [0.15, 0.2) is 0 Å². The third-order valence-electron chi connectivity index (χ3n) is 0.207. The third-order valence-corrected chi connectivity index (χ3v) is 0.621. The summed E-state index contributed by atoms with van der Waals surface area (Å²) in [4.78, 5) is 0. The summed E-state index contributed by atoms with van der Waals surface area (Å²) in [6, 6.07) is 0. The molecule has 0 aliphatic heterocycles. The van der Waals surface area contributed by atoms with Gasteiger partial charge in [-0.25, -0.2) is 5.14 Å². The highest BCUT2D eigenvalue weighted by atomic mass is 32.2. The molecule has 0 aromatic rings. The van der Waals surface area contributed by atoms with Crippen LogP contribution in [0.25, 0.3) is 0 Å². The first kappa shape index (κ1) is 7.73. The first-order chi connectivity index (χ1) is 3.42. The molecule has 0 aromatic heterocycles. The van der Waals surface area contributed by atoms with Crippen molar-refractivity contribution in [3.8, 4) is 0 Å². The molecule has 0 amide bonds. The molecule has 0 aliphatic carbocycles. The molecule has 7 heteroatoms. The molecule has 0 rings (SSSR count). The van der Waals surface area contributed by atoms with E-state index in [1.54, 1.807) is 0 Å². The fourth-order valence-electron chi connectivity index (χ4n) is 0.101. The molecule has 8 heavy (non-hydrogen) atoms. The van der Waals surface area contributed by atoms with E-state index in [2.05, 4.69) is 9.32 Å². The number of nitrogens with two attached hydrogens (primary N) is 1. The Balaban J connectivity index is 3.75. The van der Waals surface area contributed by atoms with Crippen LogP contribution in [0.2, 0.25) is 0 Å². The normalized spacial score (nSPS) is 12.5. The second kappa shape index (κ2) is 2.33. The molecular weight excluding hydrogens is 144 g/mol. The highest BCUT2D eigenvalue weighted by Gasteiger charge is 2.10. The molecule has 0 bridgehead atoms. The van der Waals surface area contributed by atoms with E-state index in [-0.39, 0.29) is 0 Å². The maximum atomic E-state index is 10.8. The van der Waals surface area contributed by atoms with E-state index in [1.165, 1.54) is 0 Å². The van der Waals surface area contributed by atoms with Crippen LogP contribution in [0.4, 0.5) is 8.78 Å². The van der Waals surface area contributed by atoms with Gasteiger partial charge in [0.05, 0.1) is 0 Å². The topological polar surface area (TPSA) is 69.4 Å². The van der Waals surface area contributed by atoms with Gasteiger partial charge < -0.3 is 0 Å². The summed E-state index contributed by atoms with van der Waals surface area (Å²) < 4.78 is 43.6. The quantitative estimate of drug-likeness (QED) is 0.568. The second-order valence-electron chi connectivity index (χ2n) is 0.850. The molecule has 0 unspecified atom stereocenters. The van der Waals surface area contributed by atoms with Crippen molar-refractivity contribution in [1.82, 2.24) is 0 Å². The molecule has 0 fully saturated rings. The molecular formula is CH3F2NO3S. The highest BCUT2D eigenvalue weighted by Crippen LogP contribution is 1.96. The van der Waals surface area contributed by atoms with Crippen molar-refractivity contribution in [1.29, 1.82) is 0 Å². The average molecular weight is 147 g/mol. The van der Waals surface area contributed by atoms with E-state index >= 15 is 0 Å². The molecule has 0 heterocycles. The van der Waals surface area contributed by atoms with E-state index in [0.29, 0.717) is 0 Å². The first-order valence-corrected chi connectivity index (χ1v) is 2.88. The summed E-state index contributed by atoms with van der Waals surface area (Å²) >= 11 is 0. The lowest BCUT2D eigenvalue weighted by atomic mass is 11.5. The number of rotatable bonds is 2. The van der Waals surface area contributed by atoms with Crippen LogP contribution in [0.1, 0.15) is 0 Å². The smallest absolute Gasteiger partial charge is 0.205 e. The molecule has 4 nitrogen and oxygen atoms in total. The maximum absolute atomic E-state index is 10.8. The third kappa shape index (κ3) is 5.73. The zero-order valence-electron chi connectivity index (χ0n) is 3.54. The Kier molecular flexibility index (Phi) is 2.26. The van der Waals surface area contributed by atoms with Crippen molar-refractivity contribution in [2.45, 2.75) is 6.61 Å². The predicted octanol–water partition coefficient (Wildman–Crippen LogP) is -0.571. The van der Waals surface area contributed by atoms with Crippen molar-refractivity contribution in [3.05, 3.63) is 0 Å². The van der Waals surface area contributed by atoms with Crippen LogP contribution in [-0.4, -0.2) is 15.0 Å². The average Bonchev–Trinajstić information content (AvgIpc) is 1.21. The van der Waals surface area contributed by atoms with Crippen molar-refractivity contribution >= 4 is 10.3 Å². The van der Waals surface area contributed by atoms with Gasteiger partial charge >= 0.3 is 16.9 Å². The SMILES string of the molecule is NS(=O)(=O)OC(F)F. The van der Waals surface area contributed by atoms with Gasteiger partial charge in [-0.05, 0) is 0 Å². The van der Waals surface area contributed by atoms with Crippen molar-refractivity contribution < 1.29 is 21.4 Å². The van der Waals surface area contributed by atoms with Crippen LogP contribution in [0.3, 0.4) is 0 Å². The Morgan fingerprint density at radius 3 is 1.88 bits per heavy atom. The summed E-state index contributed by atoms with van der Waals surface area (Å²) in [5, 5.41) is 4.01. The number of alkyl halides is 2. The Morgan fingerprint density at radius 2 is 1.88 bits per heavy atom. The molecule has 0 atom stereocenters. The largest absolute Gasteiger partial charge is 0.360 e. The van der Waals surface area contributed by atoms with Gasteiger partial charge in [-0.2, -0.15) is 21.4 Å². The van der Waals surface area contributed by atoms with Crippen molar-refractivity contribution in [2.24, 2.45) is 5.14 Å². The predicted molar refractivity (Wildman–Crippen MR) is 20.2 cm³/mol. The fraction of sp³-hybridized carbons (Fsp3) is 1.00. The minimum Gasteiger partial charge on any atom is -0.205 e. The van der Waals surface area contributed by atoms with E-state index in [0.717, 1.165) is 0 Å². The van der Waals surface area contributed by atoms with Crippen molar-refractivity contribution in [3.63, 3.8) is 0 Å². The Bertz CT molecular complexity index is 151. The number of hydrogen-bond donors (Lipinski definition) is 1. The van der Waals surface area contributed by atoms with Crippen LogP contribution >= 0.6 is 0 Å². The molecule has 0 saturated carbocycles. The molecule has 0 radical (unpaired) electrons. The fourth-order valence-corrected chi connectivity index (χ4v) is 0.304. The first-order valence-electron chi connectivity index (χ1n) is 1.41. The van der Waals surface area contributed by atoms with Crippen LogP contribution in [-0.2, 0) is 14.5 Å². The number of halogens is 2. The Hall–Kier alpha value is -0.270. The van der Waals surface area contributed by atoms with E-state index in [1.807, 2.05) is 0 Å². The Morgan fingerprint density at radius 1 is 1.50 bits per heavy atom. The zero-order valence-corrected chi connectivity index (χ0v) is 4.36. The maximum Gasteiger partial charge on any atom is 0.360 e. The summed E-state index contributed by atoms with van der Waals surface area (Å²) in [5.41, 5.74) is 0. The van der Waals surface area contributed by atoms with Gasteiger partial charge in [-0.15, -0.1) is 0 Å². The van der Waals surface area contributed by atoms with Gasteiger partial charge in [-0.3, -0.25) is 0 Å². The molecule has 2 N–H and O–H groups in total. The summed E-state index contributed by atoms with van der Waals surface area (Å²) in [6.07, 6.45) is 0. The standard InChI is InChI=1S/CH3F2NO3S/c2-1(3)7-8(4,5)6/h1H,(H2,4,5,6). The van der Waals surface area contributed by atoms with Crippen LogP contribution in [0, 0.1) is 0 Å². The minimum atomic E-state index is -4.47. The number of hydrogen-bond acceptors (Lipinski definition) is 3. The minimum absolute atomic E-state index is 2.85. The lowest BCUT2D eigenvalue weighted by molar-refractivity contribution is -0.0444. The second-order valence-corrected chi connectivity index (χ2v) is 2.03.